The van der Waals surface area contributed by atoms with E-state index in [2.05, 4.69) is 16.0 Å². The maximum absolute atomic E-state index is 13.3. The molecule has 180 valence electrons. The number of nitrogens with one attached hydrogen (secondary N) is 3. The van der Waals surface area contributed by atoms with Crippen LogP contribution in [0, 0.1) is 5.92 Å². The lowest BCUT2D eigenvalue weighted by Gasteiger charge is -2.25. The summed E-state index contributed by atoms with van der Waals surface area (Å²) in [6, 6.07) is 12.2. The molecule has 0 aromatic heterocycles. The number of anilines is 1. The normalized spacial score (nSPS) is 16.8. The van der Waals surface area contributed by atoms with Crippen LogP contribution in [0.25, 0.3) is 0 Å². The van der Waals surface area contributed by atoms with Gasteiger partial charge in [-0.15, -0.1) is 0 Å². The van der Waals surface area contributed by atoms with Crippen LogP contribution in [0.2, 0.25) is 5.02 Å². The number of hydrogen-bond acceptors (Lipinski definition) is 5. The fourth-order valence-electron chi connectivity index (χ4n) is 3.66. The van der Waals surface area contributed by atoms with E-state index in [4.69, 9.17) is 16.3 Å². The van der Waals surface area contributed by atoms with Gasteiger partial charge in [0.15, 0.2) is 0 Å². The van der Waals surface area contributed by atoms with Crippen LogP contribution in [0.3, 0.4) is 0 Å². The summed E-state index contributed by atoms with van der Waals surface area (Å²) in [6.45, 7) is 1.36. The Labute approximate surface area is 202 Å². The van der Waals surface area contributed by atoms with Crippen LogP contribution in [0.15, 0.2) is 48.5 Å². The third kappa shape index (κ3) is 6.26. The molecule has 1 heterocycles. The van der Waals surface area contributed by atoms with E-state index in [9.17, 15) is 19.2 Å². The quantitative estimate of drug-likeness (QED) is 0.556. The van der Waals surface area contributed by atoms with E-state index in [0.29, 0.717) is 28.4 Å². The molecule has 3 N–H and O–H groups in total. The van der Waals surface area contributed by atoms with Crippen molar-refractivity contribution in [3.63, 3.8) is 0 Å². The number of rotatable bonds is 7. The number of halogens is 1. The van der Waals surface area contributed by atoms with Crippen molar-refractivity contribution in [3.05, 3.63) is 59.1 Å². The van der Waals surface area contributed by atoms with Gasteiger partial charge in [0.2, 0.25) is 17.7 Å². The minimum Gasteiger partial charge on any atom is -0.496 e. The molecule has 1 saturated heterocycles. The second kappa shape index (κ2) is 11.5. The van der Waals surface area contributed by atoms with Gasteiger partial charge in [-0.1, -0.05) is 36.7 Å². The number of carbonyl (C=O) groups is 4. The molecule has 3 rings (SSSR count). The van der Waals surface area contributed by atoms with Crippen molar-refractivity contribution in [2.75, 3.05) is 25.5 Å². The van der Waals surface area contributed by atoms with E-state index < -0.39 is 42.3 Å². The molecule has 9 nitrogen and oxygen atoms in total. The molecule has 1 aliphatic rings. The number of amides is 5. The number of imide groups is 1. The van der Waals surface area contributed by atoms with Gasteiger partial charge in [-0.2, -0.15) is 0 Å². The highest BCUT2D eigenvalue weighted by Crippen LogP contribution is 2.26. The molecule has 0 radical (unpaired) electrons. The third-order valence-corrected chi connectivity index (χ3v) is 5.72. The second-order valence-corrected chi connectivity index (χ2v) is 8.29. The van der Waals surface area contributed by atoms with Gasteiger partial charge in [-0.05, 0) is 48.7 Å². The van der Waals surface area contributed by atoms with E-state index in [1.165, 1.54) is 7.11 Å². The maximum atomic E-state index is 13.3. The SMILES string of the molecule is CC[C@@H](NC(=O)N1CC(=O)NCC(Cc2cc(Cl)ccc2OC)C1=O)C(=O)Nc1ccccc1. The molecule has 0 saturated carbocycles. The first-order chi connectivity index (χ1) is 16.3. The zero-order valence-corrected chi connectivity index (χ0v) is 19.7. The van der Waals surface area contributed by atoms with E-state index in [1.807, 2.05) is 6.07 Å². The van der Waals surface area contributed by atoms with Crippen LogP contribution in [-0.4, -0.2) is 54.9 Å². The first kappa shape index (κ1) is 25.0. The molecule has 2 aromatic rings. The average molecular weight is 487 g/mol. The minimum atomic E-state index is -0.890. The Kier molecular flexibility index (Phi) is 8.48. The van der Waals surface area contributed by atoms with E-state index in [-0.39, 0.29) is 13.0 Å². The molecule has 34 heavy (non-hydrogen) atoms. The Balaban J connectivity index is 1.74. The molecule has 10 heteroatoms. The fraction of sp³-hybridized carbons (Fsp3) is 0.333. The Morgan fingerprint density at radius 3 is 2.62 bits per heavy atom. The van der Waals surface area contributed by atoms with Gasteiger partial charge >= 0.3 is 6.03 Å². The average Bonchev–Trinajstić information content (AvgIpc) is 2.96. The molecule has 0 aliphatic carbocycles. The summed E-state index contributed by atoms with van der Waals surface area (Å²) in [6.07, 6.45) is 0.500. The molecular weight excluding hydrogens is 460 g/mol. The smallest absolute Gasteiger partial charge is 0.325 e. The fourth-order valence-corrected chi connectivity index (χ4v) is 3.85. The van der Waals surface area contributed by atoms with Gasteiger partial charge in [0.1, 0.15) is 18.3 Å². The molecule has 2 aromatic carbocycles. The second-order valence-electron chi connectivity index (χ2n) is 7.85. The zero-order valence-electron chi connectivity index (χ0n) is 19.0. The van der Waals surface area contributed by atoms with Crippen molar-refractivity contribution in [3.8, 4) is 5.75 Å². The van der Waals surface area contributed by atoms with Crippen LogP contribution in [-0.2, 0) is 20.8 Å². The van der Waals surface area contributed by atoms with E-state index >= 15 is 0 Å². The highest BCUT2D eigenvalue weighted by atomic mass is 35.5. The standard InChI is InChI=1S/C24H27ClN4O5/c1-3-19(22(31)27-18-7-5-4-6-8-18)28-24(33)29-14-21(30)26-13-16(23(29)32)11-15-12-17(25)9-10-20(15)34-2/h4-10,12,16,19H,3,11,13-14H2,1-2H3,(H,26,30)(H,27,31)(H,28,33)/t16?,19-/m1/s1. The summed E-state index contributed by atoms with van der Waals surface area (Å²) in [4.78, 5) is 52.0. The molecule has 0 spiro atoms. The van der Waals surface area contributed by atoms with Crippen LogP contribution < -0.4 is 20.7 Å². The van der Waals surface area contributed by atoms with Gasteiger partial charge in [0.05, 0.1) is 13.0 Å². The van der Waals surface area contributed by atoms with Crippen LogP contribution >= 0.6 is 11.6 Å². The van der Waals surface area contributed by atoms with Gasteiger partial charge in [0.25, 0.3) is 0 Å². The number of ether oxygens (including phenoxy) is 1. The van der Waals surface area contributed by atoms with Gasteiger partial charge in [0, 0.05) is 17.3 Å². The number of nitrogens with zero attached hydrogens (tertiary/aromatic N) is 1. The zero-order chi connectivity index (χ0) is 24.7. The highest BCUT2D eigenvalue weighted by Gasteiger charge is 2.35. The predicted molar refractivity (Wildman–Crippen MR) is 128 cm³/mol. The monoisotopic (exact) mass is 486 g/mol. The largest absolute Gasteiger partial charge is 0.496 e. The minimum absolute atomic E-state index is 0.0583. The Morgan fingerprint density at radius 2 is 1.94 bits per heavy atom. The summed E-state index contributed by atoms with van der Waals surface area (Å²) in [5.41, 5.74) is 1.26. The summed E-state index contributed by atoms with van der Waals surface area (Å²) in [7, 11) is 1.51. The highest BCUT2D eigenvalue weighted by molar-refractivity contribution is 6.30. The van der Waals surface area contributed by atoms with Crippen LogP contribution in [0.4, 0.5) is 10.5 Å². The number of urea groups is 1. The lowest BCUT2D eigenvalue weighted by atomic mass is 9.97. The Morgan fingerprint density at radius 1 is 1.21 bits per heavy atom. The topological polar surface area (TPSA) is 117 Å². The summed E-state index contributed by atoms with van der Waals surface area (Å²) in [5.74, 6) is -1.59. The van der Waals surface area contributed by atoms with E-state index in [0.717, 1.165) is 4.90 Å². The summed E-state index contributed by atoms with van der Waals surface area (Å²) in [5, 5.41) is 8.46. The molecule has 5 amide bonds. The lowest BCUT2D eigenvalue weighted by molar-refractivity contribution is -0.133. The van der Waals surface area contributed by atoms with Crippen molar-refractivity contribution < 1.29 is 23.9 Å². The van der Waals surface area contributed by atoms with Crippen LogP contribution in [0.1, 0.15) is 18.9 Å². The first-order valence-electron chi connectivity index (χ1n) is 10.9. The number of methoxy groups -OCH3 is 1. The van der Waals surface area contributed by atoms with Gasteiger partial charge in [-0.25, -0.2) is 4.79 Å². The molecule has 1 unspecified atom stereocenters. The molecule has 1 aliphatic heterocycles. The number of hydrogen-bond donors (Lipinski definition) is 3. The van der Waals surface area contributed by atoms with Crippen molar-refractivity contribution >= 4 is 41.0 Å². The lowest BCUT2D eigenvalue weighted by Crippen LogP contribution is -2.53. The predicted octanol–water partition coefficient (Wildman–Crippen LogP) is 2.59. The Hall–Kier alpha value is -3.59. The number of para-hydroxylation sites is 1. The van der Waals surface area contributed by atoms with Gasteiger partial charge < -0.3 is 20.7 Å². The van der Waals surface area contributed by atoms with Crippen molar-refractivity contribution in [1.29, 1.82) is 0 Å². The molecule has 2 atom stereocenters. The summed E-state index contributed by atoms with van der Waals surface area (Å²) < 4.78 is 5.35. The third-order valence-electron chi connectivity index (χ3n) is 5.48. The van der Waals surface area contributed by atoms with Crippen molar-refractivity contribution in [2.45, 2.75) is 25.8 Å². The maximum Gasteiger partial charge on any atom is 0.325 e. The molecule has 1 fully saturated rings. The number of benzene rings is 2. The van der Waals surface area contributed by atoms with Crippen LogP contribution in [0.5, 0.6) is 5.75 Å². The van der Waals surface area contributed by atoms with Crippen molar-refractivity contribution in [1.82, 2.24) is 15.5 Å². The number of carbonyl (C=O) groups excluding carboxylic acids is 4. The molecule has 0 bridgehead atoms. The van der Waals surface area contributed by atoms with Crippen molar-refractivity contribution in [2.24, 2.45) is 5.92 Å². The molecular formula is C24H27ClN4O5. The van der Waals surface area contributed by atoms with Gasteiger partial charge in [-0.3, -0.25) is 19.3 Å². The summed E-state index contributed by atoms with van der Waals surface area (Å²) >= 11 is 6.10. The van der Waals surface area contributed by atoms with E-state index in [1.54, 1.807) is 49.4 Å². The first-order valence-corrected chi connectivity index (χ1v) is 11.3. The Bertz CT molecular complexity index is 1060.